The van der Waals surface area contributed by atoms with E-state index in [0.717, 1.165) is 5.56 Å². The summed E-state index contributed by atoms with van der Waals surface area (Å²) in [4.78, 5) is 37.4. The van der Waals surface area contributed by atoms with Crippen LogP contribution in [0.25, 0.3) is 0 Å². The normalized spacial score (nSPS) is 15.1. The first-order valence-corrected chi connectivity index (χ1v) is 10.9. The van der Waals surface area contributed by atoms with E-state index in [1.54, 1.807) is 37.9 Å². The van der Waals surface area contributed by atoms with Crippen molar-refractivity contribution >= 4 is 17.6 Å². The maximum atomic E-state index is 13.3. The van der Waals surface area contributed by atoms with Crippen LogP contribution in [0.1, 0.15) is 30.9 Å². The Balaban J connectivity index is 1.86. The second kappa shape index (κ2) is 11.2. The molecule has 1 N–H and O–H groups in total. The molecule has 0 bridgehead atoms. The standard InChI is InChI=1S/C26H27N3O6/c1-17-23(26(31)35-16-22(15-30)28(3)14-19-9-6-5-7-10-19)24(25(34-4)18(2)27-17)20-11-8-12-21(13-20)29(32)33/h5-13,24,27H,14,16H2,1-4H3. The topological polar surface area (TPSA) is 111 Å². The van der Waals surface area contributed by atoms with E-state index in [0.29, 0.717) is 29.3 Å². The number of methoxy groups -OCH3 is 1. The zero-order valence-electron chi connectivity index (χ0n) is 20.0. The number of nitro benzene ring substituents is 1. The summed E-state index contributed by atoms with van der Waals surface area (Å²) in [5.41, 5.74) is 3.01. The number of nitrogens with zero attached hydrogens (tertiary/aromatic N) is 2. The number of non-ortho nitro benzene ring substituents is 1. The van der Waals surface area contributed by atoms with Crippen molar-refractivity contribution in [3.8, 4) is 0 Å². The highest BCUT2D eigenvalue weighted by atomic mass is 16.6. The number of carbonyl (C=O) groups is 1. The number of hydrogen-bond donors (Lipinski definition) is 1. The van der Waals surface area contributed by atoms with Crippen molar-refractivity contribution in [1.29, 1.82) is 0 Å². The maximum Gasteiger partial charge on any atom is 0.337 e. The zero-order valence-corrected chi connectivity index (χ0v) is 20.0. The summed E-state index contributed by atoms with van der Waals surface area (Å²) in [6.07, 6.45) is 0. The lowest BCUT2D eigenvalue weighted by atomic mass is 9.85. The zero-order chi connectivity index (χ0) is 25.5. The third kappa shape index (κ3) is 5.77. The van der Waals surface area contributed by atoms with Crippen LogP contribution in [-0.4, -0.2) is 42.5 Å². The van der Waals surface area contributed by atoms with Gasteiger partial charge in [0.15, 0.2) is 0 Å². The number of likely N-dealkylation sites (N-methyl/N-ethyl adjacent to an activating group) is 1. The first-order valence-electron chi connectivity index (χ1n) is 10.9. The molecule has 1 atom stereocenters. The van der Waals surface area contributed by atoms with Gasteiger partial charge in [-0.1, -0.05) is 42.5 Å². The highest BCUT2D eigenvalue weighted by molar-refractivity contribution is 5.92. The van der Waals surface area contributed by atoms with Gasteiger partial charge in [0, 0.05) is 31.4 Å². The van der Waals surface area contributed by atoms with E-state index < -0.39 is 16.8 Å². The van der Waals surface area contributed by atoms with E-state index in [1.807, 2.05) is 36.3 Å². The quantitative estimate of drug-likeness (QED) is 0.251. The summed E-state index contributed by atoms with van der Waals surface area (Å²) in [5, 5.41) is 14.4. The van der Waals surface area contributed by atoms with Gasteiger partial charge in [0.2, 0.25) is 0 Å². The summed E-state index contributed by atoms with van der Waals surface area (Å²) in [6, 6.07) is 15.6. The minimum absolute atomic E-state index is 0.103. The molecule has 2 aromatic carbocycles. The van der Waals surface area contributed by atoms with E-state index in [4.69, 9.17) is 9.47 Å². The third-order valence-corrected chi connectivity index (χ3v) is 5.73. The largest absolute Gasteiger partial charge is 0.498 e. The van der Waals surface area contributed by atoms with Crippen molar-refractivity contribution in [2.75, 3.05) is 20.8 Å². The minimum Gasteiger partial charge on any atom is -0.498 e. The molecular formula is C26H27N3O6. The molecule has 1 unspecified atom stereocenters. The molecule has 2 aromatic rings. The van der Waals surface area contributed by atoms with Crippen molar-refractivity contribution < 1.29 is 24.0 Å². The Morgan fingerprint density at radius 2 is 1.86 bits per heavy atom. The number of nitrogens with one attached hydrogen (secondary N) is 1. The molecule has 0 saturated heterocycles. The number of ether oxygens (including phenoxy) is 2. The fourth-order valence-corrected chi connectivity index (χ4v) is 4.03. The molecule has 9 nitrogen and oxygen atoms in total. The van der Waals surface area contributed by atoms with Gasteiger partial charge in [-0.2, -0.15) is 0 Å². The number of hydrogen-bond acceptors (Lipinski definition) is 8. The van der Waals surface area contributed by atoms with Crippen LogP contribution in [-0.2, 0) is 25.6 Å². The monoisotopic (exact) mass is 477 g/mol. The van der Waals surface area contributed by atoms with Crippen molar-refractivity contribution in [3.05, 3.63) is 104 Å². The molecular weight excluding hydrogens is 450 g/mol. The second-order valence-corrected chi connectivity index (χ2v) is 8.11. The molecule has 0 aromatic heterocycles. The van der Waals surface area contributed by atoms with Crippen LogP contribution < -0.4 is 5.32 Å². The number of rotatable bonds is 9. The average Bonchev–Trinajstić information content (AvgIpc) is 2.84. The lowest BCUT2D eigenvalue weighted by Gasteiger charge is -2.30. The molecule has 0 fully saturated rings. The molecule has 35 heavy (non-hydrogen) atoms. The van der Waals surface area contributed by atoms with Crippen LogP contribution in [0.2, 0.25) is 0 Å². The maximum absolute atomic E-state index is 13.3. The van der Waals surface area contributed by atoms with E-state index in [9.17, 15) is 19.7 Å². The van der Waals surface area contributed by atoms with Crippen LogP contribution in [0.15, 0.2) is 83.0 Å². The second-order valence-electron chi connectivity index (χ2n) is 8.11. The van der Waals surface area contributed by atoms with Crippen LogP contribution >= 0.6 is 0 Å². The lowest BCUT2D eigenvalue weighted by Crippen LogP contribution is -2.30. The number of nitro groups is 1. The Bertz CT molecular complexity index is 1230. The Morgan fingerprint density at radius 1 is 1.14 bits per heavy atom. The Hall–Kier alpha value is -4.36. The molecule has 0 spiro atoms. The van der Waals surface area contributed by atoms with Crippen LogP contribution in [0.4, 0.5) is 5.69 Å². The number of dihydropyridines is 1. The van der Waals surface area contributed by atoms with Gasteiger partial charge in [0.25, 0.3) is 5.69 Å². The van der Waals surface area contributed by atoms with Gasteiger partial charge in [-0.05, 0) is 25.0 Å². The average molecular weight is 478 g/mol. The van der Waals surface area contributed by atoms with Crippen molar-refractivity contribution in [2.45, 2.75) is 26.3 Å². The van der Waals surface area contributed by atoms with Crippen LogP contribution in [0, 0.1) is 10.1 Å². The van der Waals surface area contributed by atoms with E-state index in [2.05, 4.69) is 5.32 Å². The number of carbonyl (C=O) groups excluding carboxylic acids is 2. The predicted octanol–water partition coefficient (Wildman–Crippen LogP) is 3.82. The molecule has 1 aliphatic heterocycles. The summed E-state index contributed by atoms with van der Waals surface area (Å²) >= 11 is 0. The van der Waals surface area contributed by atoms with Gasteiger partial charge in [-0.25, -0.2) is 9.59 Å². The predicted molar refractivity (Wildman–Crippen MR) is 129 cm³/mol. The summed E-state index contributed by atoms with van der Waals surface area (Å²) in [7, 11) is 3.19. The molecule has 182 valence electrons. The number of esters is 1. The van der Waals surface area contributed by atoms with E-state index in [-0.39, 0.29) is 23.6 Å². The Kier molecular flexibility index (Phi) is 8.07. The molecule has 0 saturated carbocycles. The molecule has 1 heterocycles. The molecule has 0 aliphatic carbocycles. The Labute approximate surface area is 203 Å². The fourth-order valence-electron chi connectivity index (χ4n) is 4.03. The molecule has 0 radical (unpaired) electrons. The van der Waals surface area contributed by atoms with Crippen molar-refractivity contribution in [1.82, 2.24) is 10.2 Å². The summed E-state index contributed by atoms with van der Waals surface area (Å²) in [6.45, 7) is 3.67. The minimum atomic E-state index is -0.723. The summed E-state index contributed by atoms with van der Waals surface area (Å²) < 4.78 is 11.1. The first kappa shape index (κ1) is 25.3. The first-order chi connectivity index (χ1) is 16.8. The summed E-state index contributed by atoms with van der Waals surface area (Å²) in [5.74, 6) is 0.902. The van der Waals surface area contributed by atoms with Gasteiger partial charge in [0.05, 0.1) is 29.2 Å². The SMILES string of the molecule is COC1=C(C)NC(C)=C(C(=O)OCC(=C=O)N(C)Cc2ccccc2)C1c1cccc([N+](=O)[O-])c1. The highest BCUT2D eigenvalue weighted by Gasteiger charge is 2.36. The van der Waals surface area contributed by atoms with Crippen LogP contribution in [0.5, 0.6) is 0 Å². The lowest BCUT2D eigenvalue weighted by molar-refractivity contribution is -0.384. The Morgan fingerprint density at radius 3 is 2.49 bits per heavy atom. The van der Waals surface area contributed by atoms with E-state index >= 15 is 0 Å². The van der Waals surface area contributed by atoms with Gasteiger partial charge >= 0.3 is 5.97 Å². The van der Waals surface area contributed by atoms with E-state index in [1.165, 1.54) is 19.2 Å². The van der Waals surface area contributed by atoms with Gasteiger partial charge < -0.3 is 19.7 Å². The molecule has 9 heteroatoms. The third-order valence-electron chi connectivity index (χ3n) is 5.73. The molecule has 0 amide bonds. The number of allylic oxidation sites excluding steroid dienone is 3. The number of benzene rings is 2. The fraction of sp³-hybridized carbons (Fsp3) is 0.269. The van der Waals surface area contributed by atoms with Gasteiger partial charge in [0.1, 0.15) is 24.0 Å². The van der Waals surface area contributed by atoms with Crippen molar-refractivity contribution in [3.63, 3.8) is 0 Å². The highest BCUT2D eigenvalue weighted by Crippen LogP contribution is 2.39. The van der Waals surface area contributed by atoms with Gasteiger partial charge in [-0.15, -0.1) is 0 Å². The smallest absolute Gasteiger partial charge is 0.337 e. The molecule has 3 rings (SSSR count). The van der Waals surface area contributed by atoms with Crippen LogP contribution in [0.3, 0.4) is 0 Å². The van der Waals surface area contributed by atoms with Gasteiger partial charge in [-0.3, -0.25) is 10.1 Å². The molecule has 1 aliphatic rings. The van der Waals surface area contributed by atoms with Crippen molar-refractivity contribution in [2.24, 2.45) is 0 Å².